The van der Waals surface area contributed by atoms with Crippen LogP contribution in [0.3, 0.4) is 0 Å². The van der Waals surface area contributed by atoms with Crippen molar-refractivity contribution in [1.82, 2.24) is 20.0 Å². The van der Waals surface area contributed by atoms with Crippen LogP contribution in [0.4, 0.5) is 0 Å². The SMILES string of the molecule is C#CCN1CCCN(C(=O)Cc2nnc(-c3ccccc3OC)o2)CC1. The zero-order valence-electron chi connectivity index (χ0n) is 14.9. The molecule has 1 saturated heterocycles. The van der Waals surface area contributed by atoms with Gasteiger partial charge in [0.25, 0.3) is 5.89 Å². The number of benzene rings is 1. The number of rotatable bonds is 5. The molecule has 0 aliphatic carbocycles. The maximum atomic E-state index is 12.6. The van der Waals surface area contributed by atoms with Crippen LogP contribution in [0.5, 0.6) is 5.75 Å². The fourth-order valence-corrected chi connectivity index (χ4v) is 3.00. The van der Waals surface area contributed by atoms with E-state index in [4.69, 9.17) is 15.6 Å². The third-order valence-electron chi connectivity index (χ3n) is 4.36. The van der Waals surface area contributed by atoms with Crippen molar-refractivity contribution in [2.75, 3.05) is 39.8 Å². The van der Waals surface area contributed by atoms with E-state index in [1.165, 1.54) is 0 Å². The number of aromatic nitrogens is 2. The first-order valence-electron chi connectivity index (χ1n) is 8.60. The van der Waals surface area contributed by atoms with Gasteiger partial charge in [-0.25, -0.2) is 0 Å². The quantitative estimate of drug-likeness (QED) is 0.757. The van der Waals surface area contributed by atoms with Crippen molar-refractivity contribution >= 4 is 5.91 Å². The zero-order valence-corrected chi connectivity index (χ0v) is 14.9. The molecular weight excluding hydrogens is 332 g/mol. The van der Waals surface area contributed by atoms with Gasteiger partial charge in [0.05, 0.1) is 19.2 Å². The van der Waals surface area contributed by atoms with Gasteiger partial charge in [-0.05, 0) is 18.6 Å². The van der Waals surface area contributed by atoms with Gasteiger partial charge in [-0.1, -0.05) is 18.1 Å². The minimum Gasteiger partial charge on any atom is -0.496 e. The van der Waals surface area contributed by atoms with Gasteiger partial charge in [0.1, 0.15) is 12.2 Å². The third-order valence-corrected chi connectivity index (χ3v) is 4.36. The Bertz CT molecular complexity index is 796. The van der Waals surface area contributed by atoms with Crippen LogP contribution >= 0.6 is 0 Å². The molecule has 0 bridgehead atoms. The summed E-state index contributed by atoms with van der Waals surface area (Å²) in [5.41, 5.74) is 0.709. The van der Waals surface area contributed by atoms with Gasteiger partial charge in [-0.2, -0.15) is 0 Å². The minimum absolute atomic E-state index is 0.0113. The standard InChI is InChI=1S/C19H22N4O3/c1-3-9-22-10-6-11-23(13-12-22)18(24)14-17-20-21-19(26-17)15-7-4-5-8-16(15)25-2/h1,4-5,7-8H,6,9-14H2,2H3. The molecule has 7 nitrogen and oxygen atoms in total. The van der Waals surface area contributed by atoms with E-state index in [1.807, 2.05) is 29.2 Å². The molecule has 26 heavy (non-hydrogen) atoms. The lowest BCUT2D eigenvalue weighted by atomic mass is 10.2. The first kappa shape index (κ1) is 18.0. The molecule has 0 radical (unpaired) electrons. The van der Waals surface area contributed by atoms with Crippen LogP contribution in [0.25, 0.3) is 11.5 Å². The molecular formula is C19H22N4O3. The Morgan fingerprint density at radius 1 is 1.27 bits per heavy atom. The summed E-state index contributed by atoms with van der Waals surface area (Å²) in [5.74, 6) is 3.95. The number of carbonyl (C=O) groups is 1. The molecule has 2 aromatic rings. The first-order valence-corrected chi connectivity index (χ1v) is 8.60. The number of hydrogen-bond donors (Lipinski definition) is 0. The van der Waals surface area contributed by atoms with Gasteiger partial charge in [-0.3, -0.25) is 9.69 Å². The molecule has 7 heteroatoms. The summed E-state index contributed by atoms with van der Waals surface area (Å²) in [7, 11) is 1.59. The van der Waals surface area contributed by atoms with Crippen molar-refractivity contribution in [2.24, 2.45) is 0 Å². The number of carbonyl (C=O) groups excluding carboxylic acids is 1. The highest BCUT2D eigenvalue weighted by atomic mass is 16.5. The molecule has 1 aliphatic heterocycles. The van der Waals surface area contributed by atoms with Crippen LogP contribution in [0.15, 0.2) is 28.7 Å². The second-order valence-electron chi connectivity index (χ2n) is 6.09. The Morgan fingerprint density at radius 2 is 2.12 bits per heavy atom. The van der Waals surface area contributed by atoms with Crippen LogP contribution in [0, 0.1) is 12.3 Å². The molecule has 1 aromatic heterocycles. The normalized spacial score (nSPS) is 15.3. The third kappa shape index (κ3) is 4.21. The Hall–Kier alpha value is -2.85. The summed E-state index contributed by atoms with van der Waals surface area (Å²) in [6.07, 6.45) is 6.37. The van der Waals surface area contributed by atoms with Gasteiger partial charge < -0.3 is 14.1 Å². The molecule has 1 aromatic carbocycles. The average molecular weight is 354 g/mol. The lowest BCUT2D eigenvalue weighted by molar-refractivity contribution is -0.130. The maximum Gasteiger partial charge on any atom is 0.251 e. The Labute approximate surface area is 152 Å². The van der Waals surface area contributed by atoms with Crippen molar-refractivity contribution in [3.8, 4) is 29.5 Å². The van der Waals surface area contributed by atoms with Crippen molar-refractivity contribution in [3.05, 3.63) is 30.2 Å². The zero-order chi connectivity index (χ0) is 18.4. The number of terminal acetylenes is 1. The fourth-order valence-electron chi connectivity index (χ4n) is 3.00. The number of amides is 1. The maximum absolute atomic E-state index is 12.6. The summed E-state index contributed by atoms with van der Waals surface area (Å²) in [4.78, 5) is 16.6. The van der Waals surface area contributed by atoms with E-state index in [0.29, 0.717) is 42.7 Å². The molecule has 1 fully saturated rings. The number of hydrogen-bond acceptors (Lipinski definition) is 6. The van der Waals surface area contributed by atoms with E-state index < -0.39 is 0 Å². The van der Waals surface area contributed by atoms with Gasteiger partial charge in [-0.15, -0.1) is 16.6 Å². The summed E-state index contributed by atoms with van der Waals surface area (Å²) in [6, 6.07) is 7.40. The van der Waals surface area contributed by atoms with Crippen LogP contribution in [-0.2, 0) is 11.2 Å². The highest BCUT2D eigenvalue weighted by Gasteiger charge is 2.21. The number of nitrogens with zero attached hydrogens (tertiary/aromatic N) is 4. The monoisotopic (exact) mass is 354 g/mol. The first-order chi connectivity index (χ1) is 12.7. The topological polar surface area (TPSA) is 71.7 Å². The smallest absolute Gasteiger partial charge is 0.251 e. The molecule has 3 rings (SSSR count). The molecule has 0 spiro atoms. The lowest BCUT2D eigenvalue weighted by Crippen LogP contribution is -2.36. The van der Waals surface area contributed by atoms with Gasteiger partial charge in [0.2, 0.25) is 11.8 Å². The van der Waals surface area contributed by atoms with Crippen molar-refractivity contribution in [3.63, 3.8) is 0 Å². The molecule has 1 aliphatic rings. The number of methoxy groups -OCH3 is 1. The highest BCUT2D eigenvalue weighted by Crippen LogP contribution is 2.28. The van der Waals surface area contributed by atoms with E-state index in [1.54, 1.807) is 7.11 Å². The molecule has 2 heterocycles. The van der Waals surface area contributed by atoms with Gasteiger partial charge >= 0.3 is 0 Å². The predicted octanol–water partition coefficient (Wildman–Crippen LogP) is 1.46. The van der Waals surface area contributed by atoms with E-state index in [-0.39, 0.29) is 12.3 Å². The molecule has 1 amide bonds. The molecule has 0 saturated carbocycles. The highest BCUT2D eigenvalue weighted by molar-refractivity contribution is 5.78. The molecule has 0 N–H and O–H groups in total. The van der Waals surface area contributed by atoms with Gasteiger partial charge in [0.15, 0.2) is 0 Å². The van der Waals surface area contributed by atoms with Gasteiger partial charge in [0, 0.05) is 26.2 Å². The van der Waals surface area contributed by atoms with Crippen molar-refractivity contribution in [2.45, 2.75) is 12.8 Å². The van der Waals surface area contributed by atoms with E-state index in [0.717, 1.165) is 19.5 Å². The lowest BCUT2D eigenvalue weighted by Gasteiger charge is -2.20. The van der Waals surface area contributed by atoms with Crippen LogP contribution < -0.4 is 4.74 Å². The van der Waals surface area contributed by atoms with Crippen LogP contribution in [0.1, 0.15) is 12.3 Å². The summed E-state index contributed by atoms with van der Waals surface area (Å²) in [6.45, 7) is 3.69. The summed E-state index contributed by atoms with van der Waals surface area (Å²) < 4.78 is 11.0. The second kappa shape index (κ2) is 8.50. The average Bonchev–Trinajstić information content (AvgIpc) is 2.99. The van der Waals surface area contributed by atoms with Crippen molar-refractivity contribution in [1.29, 1.82) is 0 Å². The number of ether oxygens (including phenoxy) is 1. The van der Waals surface area contributed by atoms with Crippen molar-refractivity contribution < 1.29 is 13.9 Å². The molecule has 136 valence electrons. The molecule has 0 unspecified atom stereocenters. The predicted molar refractivity (Wildman–Crippen MR) is 96.5 cm³/mol. The molecule has 0 atom stereocenters. The van der Waals surface area contributed by atoms with Crippen LogP contribution in [0.2, 0.25) is 0 Å². The summed E-state index contributed by atoms with van der Waals surface area (Å²) in [5, 5.41) is 8.06. The Balaban J connectivity index is 1.64. The van der Waals surface area contributed by atoms with Crippen LogP contribution in [-0.4, -0.2) is 65.7 Å². The van der Waals surface area contributed by atoms with E-state index in [2.05, 4.69) is 21.0 Å². The fraction of sp³-hybridized carbons (Fsp3) is 0.421. The largest absolute Gasteiger partial charge is 0.496 e. The minimum atomic E-state index is -0.0113. The Kier molecular flexibility index (Phi) is 5.87. The Morgan fingerprint density at radius 3 is 2.92 bits per heavy atom. The number of para-hydroxylation sites is 1. The second-order valence-corrected chi connectivity index (χ2v) is 6.09. The van der Waals surface area contributed by atoms with E-state index >= 15 is 0 Å². The van der Waals surface area contributed by atoms with E-state index in [9.17, 15) is 4.79 Å². The summed E-state index contributed by atoms with van der Waals surface area (Å²) >= 11 is 0.